The van der Waals surface area contributed by atoms with Gasteiger partial charge in [-0.25, -0.2) is 4.79 Å². The molecule has 6 unspecified atom stereocenters. The van der Waals surface area contributed by atoms with Crippen LogP contribution in [0.5, 0.6) is 0 Å². The van der Waals surface area contributed by atoms with Crippen LogP contribution in [0.25, 0.3) is 0 Å². The molecule has 5 aliphatic rings. The smallest absolute Gasteiger partial charge is 0.332 e. The normalized spacial score (nSPS) is 49.1. The van der Waals surface area contributed by atoms with Crippen LogP contribution in [0.1, 0.15) is 58.8 Å². The number of carboxylic acids is 1. The van der Waals surface area contributed by atoms with Gasteiger partial charge in [0.25, 0.3) is 0 Å². The van der Waals surface area contributed by atoms with Crippen molar-refractivity contribution in [1.29, 1.82) is 0 Å². The quantitative estimate of drug-likeness (QED) is 0.223. The zero-order valence-corrected chi connectivity index (χ0v) is 23.0. The van der Waals surface area contributed by atoms with Crippen LogP contribution in [-0.4, -0.2) is 130 Å². The number of carbonyl (C=O) groups is 1. The third-order valence-electron chi connectivity index (χ3n) is 9.38. The molecular formula is C27H44O13. The van der Waals surface area contributed by atoms with Gasteiger partial charge in [-0.3, -0.25) is 0 Å². The monoisotopic (exact) mass is 576 g/mol. The molecule has 6 N–H and O–H groups in total. The molecule has 0 aromatic rings. The maximum atomic E-state index is 12.0. The van der Waals surface area contributed by atoms with Crippen LogP contribution in [0.4, 0.5) is 0 Å². The molecule has 40 heavy (non-hydrogen) atoms. The first kappa shape index (κ1) is 30.5. The van der Waals surface area contributed by atoms with E-state index in [9.17, 15) is 35.4 Å². The summed E-state index contributed by atoms with van der Waals surface area (Å²) in [5.41, 5.74) is -0.308. The van der Waals surface area contributed by atoms with Crippen LogP contribution in [-0.2, 0) is 33.2 Å². The first-order valence-electron chi connectivity index (χ1n) is 14.5. The summed E-state index contributed by atoms with van der Waals surface area (Å²) in [4.78, 5) is 12.0. The first-order chi connectivity index (χ1) is 19.1. The Morgan fingerprint density at radius 1 is 0.925 bits per heavy atom. The van der Waals surface area contributed by atoms with E-state index in [1.165, 1.54) is 0 Å². The molecule has 3 saturated heterocycles. The van der Waals surface area contributed by atoms with Gasteiger partial charge in [-0.05, 0) is 50.4 Å². The zero-order chi connectivity index (χ0) is 28.8. The van der Waals surface area contributed by atoms with Crippen LogP contribution in [0, 0.1) is 11.3 Å². The molecule has 14 atom stereocenters. The average Bonchev–Trinajstić information content (AvgIpc) is 3.70. The Balaban J connectivity index is 1.37. The van der Waals surface area contributed by atoms with Gasteiger partial charge in [0.05, 0.1) is 31.5 Å². The summed E-state index contributed by atoms with van der Waals surface area (Å²) in [5, 5.41) is 61.7. The molecule has 0 amide bonds. The van der Waals surface area contributed by atoms with Crippen molar-refractivity contribution in [2.45, 2.75) is 139 Å². The number of carboxylic acid groups (broad SMARTS) is 1. The number of aliphatic hydroxyl groups is 5. The summed E-state index contributed by atoms with van der Waals surface area (Å²) < 4.78 is 36.6. The minimum atomic E-state index is -1.47. The van der Waals surface area contributed by atoms with Crippen molar-refractivity contribution in [3.8, 4) is 0 Å². The van der Waals surface area contributed by atoms with Crippen molar-refractivity contribution in [3.05, 3.63) is 0 Å². The van der Waals surface area contributed by atoms with E-state index in [0.29, 0.717) is 6.42 Å². The third kappa shape index (κ3) is 6.06. The van der Waals surface area contributed by atoms with Gasteiger partial charge in [0.2, 0.25) is 0 Å². The second kappa shape index (κ2) is 12.3. The van der Waals surface area contributed by atoms with Crippen LogP contribution >= 0.6 is 0 Å². The summed E-state index contributed by atoms with van der Waals surface area (Å²) in [6, 6.07) is 0. The van der Waals surface area contributed by atoms with Crippen molar-refractivity contribution in [1.82, 2.24) is 0 Å². The van der Waals surface area contributed by atoms with Crippen molar-refractivity contribution in [2.24, 2.45) is 11.3 Å². The Morgan fingerprint density at radius 2 is 1.68 bits per heavy atom. The Hall–Kier alpha value is -0.970. The fraction of sp³-hybridized carbons (Fsp3) is 0.963. The Kier molecular flexibility index (Phi) is 9.40. The molecule has 3 aliphatic heterocycles. The van der Waals surface area contributed by atoms with Gasteiger partial charge < -0.3 is 59.1 Å². The largest absolute Gasteiger partial charge is 0.479 e. The fourth-order valence-corrected chi connectivity index (χ4v) is 6.56. The molecule has 1 spiro atoms. The van der Waals surface area contributed by atoms with Crippen LogP contribution < -0.4 is 0 Å². The van der Waals surface area contributed by atoms with Crippen LogP contribution in [0.15, 0.2) is 0 Å². The molecule has 0 aromatic carbocycles. The van der Waals surface area contributed by atoms with Crippen molar-refractivity contribution < 1.29 is 63.9 Å². The number of aliphatic carboxylic acids is 1. The van der Waals surface area contributed by atoms with Gasteiger partial charge in [0.15, 0.2) is 18.7 Å². The van der Waals surface area contributed by atoms with Gasteiger partial charge in [-0.15, -0.1) is 0 Å². The topological polar surface area (TPSA) is 194 Å². The Morgan fingerprint density at radius 3 is 2.33 bits per heavy atom. The lowest BCUT2D eigenvalue weighted by Gasteiger charge is -2.49. The molecule has 13 heteroatoms. The molecule has 230 valence electrons. The number of rotatable bonds is 7. The maximum Gasteiger partial charge on any atom is 0.332 e. The number of aliphatic hydroxyl groups excluding tert-OH is 5. The summed E-state index contributed by atoms with van der Waals surface area (Å²) >= 11 is 0. The van der Waals surface area contributed by atoms with Crippen molar-refractivity contribution in [2.75, 3.05) is 13.2 Å². The predicted molar refractivity (Wildman–Crippen MR) is 134 cm³/mol. The maximum absolute atomic E-state index is 12.0. The Labute approximate surface area is 233 Å². The average molecular weight is 577 g/mol. The molecule has 2 saturated carbocycles. The van der Waals surface area contributed by atoms with Crippen molar-refractivity contribution in [3.63, 3.8) is 0 Å². The molecule has 0 aromatic heterocycles. The SMILES string of the molecule is CCC1CCC[C@@H](O[C@@H]2O[C@@H](CO)[C@H](O)C3O[C@@H](C(=O)O)CC4(CC4)COC32)C1O[C@@H]1OC(C)[C@@H](O)C(O)[C@@H]1O. The zero-order valence-electron chi connectivity index (χ0n) is 23.0. The van der Waals surface area contributed by atoms with E-state index < -0.39 is 92.3 Å². The fourth-order valence-electron chi connectivity index (χ4n) is 6.56. The van der Waals surface area contributed by atoms with Crippen LogP contribution in [0.2, 0.25) is 0 Å². The molecular weight excluding hydrogens is 532 g/mol. The van der Waals surface area contributed by atoms with E-state index in [1.54, 1.807) is 6.92 Å². The first-order valence-corrected chi connectivity index (χ1v) is 14.5. The molecule has 5 rings (SSSR count). The summed E-state index contributed by atoms with van der Waals surface area (Å²) in [7, 11) is 0. The molecule has 13 nitrogen and oxygen atoms in total. The highest BCUT2D eigenvalue weighted by molar-refractivity contribution is 5.72. The van der Waals surface area contributed by atoms with E-state index in [1.807, 2.05) is 6.92 Å². The molecule has 5 fully saturated rings. The number of ether oxygens (including phenoxy) is 6. The standard InChI is InChI=1S/C27H44O13/c1-3-13-5-4-6-14(21(13)40-25-20(32)19(31)17(29)12(2)36-25)38-26-23-22(18(30)16(10-28)39-26)37-15(24(33)34)9-27(7-8-27)11-35-23/h12-23,25-26,28-32H,3-11H2,1-2H3,(H,33,34)/t12?,13?,14-,15-,16+,17-,18+,19?,20+,21?,22?,23?,25+,26-/m1/s1. The third-order valence-corrected chi connectivity index (χ3v) is 9.38. The predicted octanol–water partition coefficient (Wildman–Crippen LogP) is -0.720. The summed E-state index contributed by atoms with van der Waals surface area (Å²) in [5.74, 6) is -1.10. The van der Waals surface area contributed by atoms with E-state index >= 15 is 0 Å². The van der Waals surface area contributed by atoms with E-state index in [4.69, 9.17) is 28.4 Å². The van der Waals surface area contributed by atoms with E-state index in [2.05, 4.69) is 0 Å². The second-order valence-corrected chi connectivity index (χ2v) is 12.2. The highest BCUT2D eigenvalue weighted by Crippen LogP contribution is 2.52. The summed E-state index contributed by atoms with van der Waals surface area (Å²) in [6.07, 6.45) is -9.19. The van der Waals surface area contributed by atoms with E-state index in [-0.39, 0.29) is 24.4 Å². The van der Waals surface area contributed by atoms with Gasteiger partial charge in [-0.2, -0.15) is 0 Å². The Bertz CT molecular complexity index is 869. The number of hydrogen-bond acceptors (Lipinski definition) is 12. The van der Waals surface area contributed by atoms with Gasteiger partial charge in [0.1, 0.15) is 42.7 Å². The molecule has 0 bridgehead atoms. The number of fused-ring (bicyclic) bond motifs is 1. The minimum absolute atomic E-state index is 0.0214. The minimum Gasteiger partial charge on any atom is -0.479 e. The lowest BCUT2D eigenvalue weighted by atomic mass is 9.82. The molecule has 3 heterocycles. The number of hydrogen-bond donors (Lipinski definition) is 6. The lowest BCUT2D eigenvalue weighted by molar-refractivity contribution is -0.356. The second-order valence-electron chi connectivity index (χ2n) is 12.2. The van der Waals surface area contributed by atoms with Gasteiger partial charge in [0, 0.05) is 0 Å². The van der Waals surface area contributed by atoms with Gasteiger partial charge in [-0.1, -0.05) is 19.8 Å². The summed E-state index contributed by atoms with van der Waals surface area (Å²) in [6.45, 7) is 3.32. The van der Waals surface area contributed by atoms with Gasteiger partial charge >= 0.3 is 5.97 Å². The van der Waals surface area contributed by atoms with Crippen molar-refractivity contribution >= 4 is 5.97 Å². The highest BCUT2D eigenvalue weighted by atomic mass is 16.7. The lowest BCUT2D eigenvalue weighted by Crippen LogP contribution is -2.64. The molecule has 2 aliphatic carbocycles. The highest BCUT2D eigenvalue weighted by Gasteiger charge is 2.56. The molecule has 0 radical (unpaired) electrons. The van der Waals surface area contributed by atoms with E-state index in [0.717, 1.165) is 32.1 Å². The van der Waals surface area contributed by atoms with Crippen LogP contribution in [0.3, 0.4) is 0 Å².